The van der Waals surface area contributed by atoms with Crippen molar-refractivity contribution in [2.75, 3.05) is 4.90 Å². The number of hydrogen-bond acceptors (Lipinski definition) is 7. The average Bonchev–Trinajstić information content (AvgIpc) is 3.44. The van der Waals surface area contributed by atoms with E-state index in [1.807, 2.05) is 41.9 Å². The Balaban J connectivity index is 1.71. The van der Waals surface area contributed by atoms with Gasteiger partial charge in [-0.15, -0.1) is 0 Å². The number of benzene rings is 2. The molecule has 4 aromatic rings. The number of aromatic nitrogens is 4. The highest BCUT2D eigenvalue weighted by molar-refractivity contribution is 9.10. The van der Waals surface area contributed by atoms with E-state index in [1.54, 1.807) is 48.7 Å². The van der Waals surface area contributed by atoms with Gasteiger partial charge in [0.15, 0.2) is 6.04 Å². The van der Waals surface area contributed by atoms with E-state index in [4.69, 9.17) is 9.92 Å². The molecule has 2 aromatic carbocycles. The molecule has 0 radical (unpaired) electrons. The second kappa shape index (κ2) is 10.6. The first-order chi connectivity index (χ1) is 17.2. The van der Waals surface area contributed by atoms with E-state index >= 15 is 0 Å². The first-order valence-corrected chi connectivity index (χ1v) is 13.1. The minimum atomic E-state index is -4.19. The topological polar surface area (TPSA) is 125 Å². The molecular formula is C24H25BrN6O4S. The van der Waals surface area contributed by atoms with Crippen molar-refractivity contribution in [3.63, 3.8) is 0 Å². The highest BCUT2D eigenvalue weighted by Crippen LogP contribution is 2.30. The summed E-state index contributed by atoms with van der Waals surface area (Å²) in [7, 11) is -0.741. The molecule has 2 aromatic heterocycles. The number of anilines is 1. The lowest BCUT2D eigenvalue weighted by Gasteiger charge is -2.31. The van der Waals surface area contributed by atoms with Crippen LogP contribution in [0.5, 0.6) is 0 Å². The molecular weight excluding hydrogens is 548 g/mol. The standard InChI is InChI=1S/C24H25BrN6O4S/c1-29-14-21(36(33,34)35-15-17-6-4-3-5-7-17)28-24(29)22(23(26)32)31(13-20-12-27-16-30(20)2)19-10-8-18(25)9-11-19/h3-12,14,16,22H,13,15H2,1-2H3,(H2,26,32). The number of rotatable bonds is 10. The number of imidazole rings is 2. The van der Waals surface area contributed by atoms with Crippen LogP contribution in [0.4, 0.5) is 5.69 Å². The second-order valence-electron chi connectivity index (χ2n) is 8.16. The lowest BCUT2D eigenvalue weighted by Crippen LogP contribution is -2.39. The number of primary amides is 1. The Morgan fingerprint density at radius 2 is 1.81 bits per heavy atom. The van der Waals surface area contributed by atoms with Crippen molar-refractivity contribution in [1.82, 2.24) is 19.1 Å². The van der Waals surface area contributed by atoms with Crippen molar-refractivity contribution >= 4 is 37.6 Å². The molecule has 12 heteroatoms. The second-order valence-corrected chi connectivity index (χ2v) is 10.6. The summed E-state index contributed by atoms with van der Waals surface area (Å²) >= 11 is 3.42. The van der Waals surface area contributed by atoms with E-state index in [9.17, 15) is 13.2 Å². The zero-order chi connectivity index (χ0) is 25.9. The largest absolute Gasteiger partial charge is 0.367 e. The highest BCUT2D eigenvalue weighted by atomic mass is 79.9. The molecule has 0 aliphatic rings. The fourth-order valence-corrected chi connectivity index (χ4v) is 4.87. The molecule has 2 N–H and O–H groups in total. The minimum absolute atomic E-state index is 0.139. The summed E-state index contributed by atoms with van der Waals surface area (Å²) in [6.07, 6.45) is 4.66. The van der Waals surface area contributed by atoms with E-state index in [2.05, 4.69) is 25.9 Å². The summed E-state index contributed by atoms with van der Waals surface area (Å²) in [5.74, 6) is -0.530. The van der Waals surface area contributed by atoms with Crippen molar-refractivity contribution in [2.45, 2.75) is 24.2 Å². The van der Waals surface area contributed by atoms with E-state index in [1.165, 1.54) is 10.8 Å². The lowest BCUT2D eigenvalue weighted by atomic mass is 10.1. The quantitative estimate of drug-likeness (QED) is 0.289. The number of aryl methyl sites for hydroxylation is 2. The Morgan fingerprint density at radius 3 is 2.42 bits per heavy atom. The van der Waals surface area contributed by atoms with Crippen LogP contribution in [0, 0.1) is 0 Å². The van der Waals surface area contributed by atoms with E-state index in [0.717, 1.165) is 10.2 Å². The molecule has 188 valence electrons. The maximum Gasteiger partial charge on any atom is 0.316 e. The van der Waals surface area contributed by atoms with Crippen LogP contribution >= 0.6 is 15.9 Å². The van der Waals surface area contributed by atoms with Gasteiger partial charge in [0, 0.05) is 36.6 Å². The van der Waals surface area contributed by atoms with Crippen LogP contribution in [0.25, 0.3) is 0 Å². The van der Waals surface area contributed by atoms with Gasteiger partial charge < -0.3 is 19.8 Å². The molecule has 0 saturated carbocycles. The third kappa shape index (κ3) is 5.66. The molecule has 0 aliphatic heterocycles. The summed E-state index contributed by atoms with van der Waals surface area (Å²) in [4.78, 5) is 23.1. The van der Waals surface area contributed by atoms with Gasteiger partial charge in [-0.05, 0) is 29.8 Å². The van der Waals surface area contributed by atoms with Crippen LogP contribution < -0.4 is 10.6 Å². The highest BCUT2D eigenvalue weighted by Gasteiger charge is 2.33. The normalized spacial score (nSPS) is 12.4. The molecule has 0 spiro atoms. The lowest BCUT2D eigenvalue weighted by molar-refractivity contribution is -0.119. The van der Waals surface area contributed by atoms with Gasteiger partial charge in [0.25, 0.3) is 0 Å². The number of amides is 1. The molecule has 36 heavy (non-hydrogen) atoms. The Kier molecular flexibility index (Phi) is 7.57. The molecule has 0 aliphatic carbocycles. The summed E-state index contributed by atoms with van der Waals surface area (Å²) in [5.41, 5.74) is 8.09. The molecule has 0 bridgehead atoms. The molecule has 10 nitrogen and oxygen atoms in total. The molecule has 1 unspecified atom stereocenters. The van der Waals surface area contributed by atoms with Crippen LogP contribution in [0.15, 0.2) is 82.8 Å². The van der Waals surface area contributed by atoms with Gasteiger partial charge >= 0.3 is 10.1 Å². The first-order valence-electron chi connectivity index (χ1n) is 10.9. The minimum Gasteiger partial charge on any atom is -0.367 e. The van der Waals surface area contributed by atoms with Crippen molar-refractivity contribution in [2.24, 2.45) is 19.8 Å². The zero-order valence-electron chi connectivity index (χ0n) is 19.7. The fraction of sp³-hybridized carbons (Fsp3) is 0.208. The van der Waals surface area contributed by atoms with Crippen molar-refractivity contribution in [3.8, 4) is 0 Å². The predicted octanol–water partition coefficient (Wildman–Crippen LogP) is 3.05. The number of nitrogens with two attached hydrogens (primary N) is 1. The average molecular weight is 573 g/mol. The summed E-state index contributed by atoms with van der Waals surface area (Å²) in [6.45, 7) is 0.130. The predicted molar refractivity (Wildman–Crippen MR) is 137 cm³/mol. The van der Waals surface area contributed by atoms with Crippen LogP contribution in [0.1, 0.15) is 23.1 Å². The molecule has 1 atom stereocenters. The Hall–Kier alpha value is -3.48. The van der Waals surface area contributed by atoms with Crippen molar-refractivity contribution in [1.29, 1.82) is 0 Å². The number of hydrogen-bond donors (Lipinski definition) is 1. The fourth-order valence-electron chi connectivity index (χ4n) is 3.70. The molecule has 2 heterocycles. The van der Waals surface area contributed by atoms with Gasteiger partial charge in [-0.25, -0.2) is 9.97 Å². The smallest absolute Gasteiger partial charge is 0.316 e. The Bertz CT molecular complexity index is 1450. The van der Waals surface area contributed by atoms with Gasteiger partial charge in [-0.1, -0.05) is 46.3 Å². The Labute approximate surface area is 217 Å². The molecule has 0 fully saturated rings. The van der Waals surface area contributed by atoms with E-state index < -0.39 is 22.1 Å². The van der Waals surface area contributed by atoms with Gasteiger partial charge in [0.1, 0.15) is 5.82 Å². The zero-order valence-corrected chi connectivity index (χ0v) is 22.1. The van der Waals surface area contributed by atoms with E-state index in [0.29, 0.717) is 11.3 Å². The summed E-state index contributed by atoms with van der Waals surface area (Å²) < 4.78 is 35.2. The molecule has 0 saturated heterocycles. The molecule has 1 amide bonds. The van der Waals surface area contributed by atoms with Crippen LogP contribution in [0.2, 0.25) is 0 Å². The number of halogens is 1. The maximum absolute atomic E-state index is 12.9. The van der Waals surface area contributed by atoms with Gasteiger partial charge in [-0.3, -0.25) is 8.98 Å². The number of carbonyl (C=O) groups is 1. The van der Waals surface area contributed by atoms with Crippen LogP contribution in [-0.4, -0.2) is 33.4 Å². The van der Waals surface area contributed by atoms with Crippen LogP contribution in [0.3, 0.4) is 0 Å². The SMILES string of the molecule is Cn1cncc1CN(c1ccc(Br)cc1)C(C(N)=O)c1nc(S(=O)(=O)OCc2ccccc2)cn1C. The van der Waals surface area contributed by atoms with Gasteiger partial charge in [0.2, 0.25) is 10.9 Å². The summed E-state index contributed by atoms with van der Waals surface area (Å²) in [6, 6.07) is 15.2. The maximum atomic E-state index is 12.9. The van der Waals surface area contributed by atoms with Crippen LogP contribution in [-0.2, 0) is 46.3 Å². The van der Waals surface area contributed by atoms with Crippen molar-refractivity contribution in [3.05, 3.63) is 94.9 Å². The van der Waals surface area contributed by atoms with Gasteiger partial charge in [0.05, 0.1) is 25.2 Å². The summed E-state index contributed by atoms with van der Waals surface area (Å²) in [5, 5.41) is -0.307. The van der Waals surface area contributed by atoms with E-state index in [-0.39, 0.29) is 24.0 Å². The Morgan fingerprint density at radius 1 is 1.11 bits per heavy atom. The molecule has 4 rings (SSSR count). The van der Waals surface area contributed by atoms with Crippen molar-refractivity contribution < 1.29 is 17.4 Å². The first kappa shape index (κ1) is 25.6. The number of nitrogens with zero attached hydrogens (tertiary/aromatic N) is 5. The monoisotopic (exact) mass is 572 g/mol. The third-order valence-corrected chi connectivity index (χ3v) is 7.27. The number of carbonyl (C=O) groups excluding carboxylic acids is 1. The third-order valence-electron chi connectivity index (χ3n) is 5.60. The van der Waals surface area contributed by atoms with Gasteiger partial charge in [-0.2, -0.15) is 8.42 Å².